The van der Waals surface area contributed by atoms with Gasteiger partial charge in [0.2, 0.25) is 0 Å². The molecule has 1 amide bonds. The molecule has 4 nitrogen and oxygen atoms in total. The third kappa shape index (κ3) is 5.85. The number of hydrogen-bond donors (Lipinski definition) is 1. The lowest BCUT2D eigenvalue weighted by atomic mass is 9.87. The summed E-state index contributed by atoms with van der Waals surface area (Å²) in [5.41, 5.74) is 1.90. The molecule has 0 aromatic heterocycles. The molecule has 0 fully saturated rings. The van der Waals surface area contributed by atoms with Crippen LogP contribution in [0.4, 0.5) is 0 Å². The molecule has 0 heterocycles. The number of halogens is 1. The molecule has 0 aliphatic rings. The van der Waals surface area contributed by atoms with E-state index in [1.807, 2.05) is 36.4 Å². The van der Waals surface area contributed by atoms with Crippen LogP contribution >= 0.6 is 15.9 Å². The summed E-state index contributed by atoms with van der Waals surface area (Å²) in [6.45, 7) is 6.81. The number of carbonyl (C=O) groups excluding carboxylic acids is 1. The van der Waals surface area contributed by atoms with E-state index in [-0.39, 0.29) is 24.5 Å². The lowest BCUT2D eigenvalue weighted by Crippen LogP contribution is -2.37. The zero-order chi connectivity index (χ0) is 19.3. The Kier molecular flexibility index (Phi) is 6.84. The van der Waals surface area contributed by atoms with Crippen LogP contribution in [0.2, 0.25) is 0 Å². The molecule has 1 atom stereocenters. The number of ether oxygens (including phenoxy) is 1. The molecule has 0 spiro atoms. The van der Waals surface area contributed by atoms with Gasteiger partial charge in [-0.25, -0.2) is 0 Å². The van der Waals surface area contributed by atoms with Crippen LogP contribution in [-0.2, 0) is 5.41 Å². The molecule has 1 N–H and O–H groups in total. The predicted molar refractivity (Wildman–Crippen MR) is 108 cm³/mol. The van der Waals surface area contributed by atoms with Gasteiger partial charge in [-0.3, -0.25) is 4.79 Å². The Morgan fingerprint density at radius 3 is 2.23 bits per heavy atom. The number of likely N-dealkylation sites (N-methyl/N-ethyl adjacent to an activating group) is 1. The van der Waals surface area contributed by atoms with Gasteiger partial charge in [-0.2, -0.15) is 0 Å². The molecule has 0 saturated heterocycles. The summed E-state index contributed by atoms with van der Waals surface area (Å²) in [6, 6.07) is 15.0. The van der Waals surface area contributed by atoms with E-state index in [1.165, 1.54) is 10.5 Å². The number of hydrogen-bond acceptors (Lipinski definition) is 3. The average molecular weight is 420 g/mol. The minimum Gasteiger partial charge on any atom is -0.491 e. The van der Waals surface area contributed by atoms with Crippen LogP contribution in [0.15, 0.2) is 53.0 Å². The van der Waals surface area contributed by atoms with Crippen molar-refractivity contribution in [1.82, 2.24) is 4.90 Å². The van der Waals surface area contributed by atoms with Crippen molar-refractivity contribution in [2.75, 3.05) is 20.2 Å². The molecule has 26 heavy (non-hydrogen) atoms. The Labute approximate surface area is 163 Å². The molecule has 0 radical (unpaired) electrons. The minimum atomic E-state index is -0.762. The molecule has 2 aromatic rings. The molecule has 140 valence electrons. The van der Waals surface area contributed by atoms with Crippen molar-refractivity contribution in [3.63, 3.8) is 0 Å². The van der Waals surface area contributed by atoms with Crippen LogP contribution in [0.3, 0.4) is 0 Å². The van der Waals surface area contributed by atoms with Gasteiger partial charge in [-0.15, -0.1) is 0 Å². The standard InChI is InChI=1S/C21H26BrNO3/c1-21(2,3)16-7-11-19(12-8-16)26-14-18(24)13-23(4)20(25)15-5-9-17(22)10-6-15/h5-12,18,24H,13-14H2,1-4H3/t18-/m0/s1. The zero-order valence-electron chi connectivity index (χ0n) is 15.7. The second-order valence-electron chi connectivity index (χ2n) is 7.43. The van der Waals surface area contributed by atoms with E-state index >= 15 is 0 Å². The number of aliphatic hydroxyl groups is 1. The maximum absolute atomic E-state index is 12.4. The summed E-state index contributed by atoms with van der Waals surface area (Å²) in [5.74, 6) is 0.574. The van der Waals surface area contributed by atoms with Crippen LogP contribution < -0.4 is 4.74 Å². The monoisotopic (exact) mass is 419 g/mol. The fourth-order valence-electron chi connectivity index (χ4n) is 2.51. The Morgan fingerprint density at radius 1 is 1.12 bits per heavy atom. The first kappa shape index (κ1) is 20.5. The van der Waals surface area contributed by atoms with E-state index in [0.29, 0.717) is 11.3 Å². The van der Waals surface area contributed by atoms with Crippen LogP contribution in [0.1, 0.15) is 36.7 Å². The summed E-state index contributed by atoms with van der Waals surface area (Å²) in [6.07, 6.45) is -0.762. The van der Waals surface area contributed by atoms with E-state index in [1.54, 1.807) is 19.2 Å². The quantitative estimate of drug-likeness (QED) is 0.760. The Morgan fingerprint density at radius 2 is 1.69 bits per heavy atom. The summed E-state index contributed by atoms with van der Waals surface area (Å²) >= 11 is 3.35. The molecular weight excluding hydrogens is 394 g/mol. The van der Waals surface area contributed by atoms with Gasteiger partial charge >= 0.3 is 0 Å². The van der Waals surface area contributed by atoms with Gasteiger partial charge in [0.05, 0.1) is 0 Å². The first-order chi connectivity index (χ1) is 12.2. The number of rotatable bonds is 6. The number of nitrogens with zero attached hydrogens (tertiary/aromatic N) is 1. The third-order valence-electron chi connectivity index (χ3n) is 4.09. The van der Waals surface area contributed by atoms with Crippen LogP contribution in [0.25, 0.3) is 0 Å². The van der Waals surface area contributed by atoms with Gasteiger partial charge in [0.25, 0.3) is 5.91 Å². The smallest absolute Gasteiger partial charge is 0.253 e. The first-order valence-electron chi connectivity index (χ1n) is 8.59. The van der Waals surface area contributed by atoms with Gasteiger partial charge in [0, 0.05) is 23.6 Å². The fraction of sp³-hybridized carbons (Fsp3) is 0.381. The van der Waals surface area contributed by atoms with Crippen molar-refractivity contribution in [3.8, 4) is 5.75 Å². The average Bonchev–Trinajstić information content (AvgIpc) is 2.59. The lowest BCUT2D eigenvalue weighted by molar-refractivity contribution is 0.0563. The number of carbonyl (C=O) groups is 1. The fourth-order valence-corrected chi connectivity index (χ4v) is 2.77. The van der Waals surface area contributed by atoms with Crippen molar-refractivity contribution < 1.29 is 14.6 Å². The molecule has 0 bridgehead atoms. The Balaban J connectivity index is 1.85. The number of amides is 1. The van der Waals surface area contributed by atoms with E-state index in [9.17, 15) is 9.90 Å². The third-order valence-corrected chi connectivity index (χ3v) is 4.61. The van der Waals surface area contributed by atoms with Crippen molar-refractivity contribution in [1.29, 1.82) is 0 Å². The SMILES string of the molecule is CN(C[C@H](O)COc1ccc(C(C)(C)C)cc1)C(=O)c1ccc(Br)cc1. The van der Waals surface area contributed by atoms with Crippen molar-refractivity contribution in [3.05, 3.63) is 64.1 Å². The van der Waals surface area contributed by atoms with Crippen LogP contribution in [0, 0.1) is 0 Å². The molecule has 5 heteroatoms. The number of benzene rings is 2. The largest absolute Gasteiger partial charge is 0.491 e. The maximum atomic E-state index is 12.4. The highest BCUT2D eigenvalue weighted by molar-refractivity contribution is 9.10. The predicted octanol–water partition coefficient (Wildman–Crippen LogP) is 4.26. The van der Waals surface area contributed by atoms with E-state index in [4.69, 9.17) is 4.74 Å². The highest BCUT2D eigenvalue weighted by atomic mass is 79.9. The van der Waals surface area contributed by atoms with Gasteiger partial charge in [-0.1, -0.05) is 48.8 Å². The first-order valence-corrected chi connectivity index (χ1v) is 9.38. The van der Waals surface area contributed by atoms with E-state index in [0.717, 1.165) is 4.47 Å². The molecule has 2 rings (SSSR count). The second kappa shape index (κ2) is 8.69. The number of aliphatic hydroxyl groups excluding tert-OH is 1. The van der Waals surface area contributed by atoms with Crippen molar-refractivity contribution in [2.45, 2.75) is 32.3 Å². The topological polar surface area (TPSA) is 49.8 Å². The van der Waals surface area contributed by atoms with Crippen LogP contribution in [0.5, 0.6) is 5.75 Å². The minimum absolute atomic E-state index is 0.0914. The summed E-state index contributed by atoms with van der Waals surface area (Å²) in [4.78, 5) is 13.9. The van der Waals surface area contributed by atoms with Gasteiger partial charge in [0.1, 0.15) is 18.5 Å². The van der Waals surface area contributed by atoms with Crippen molar-refractivity contribution in [2.24, 2.45) is 0 Å². The molecule has 2 aromatic carbocycles. The summed E-state index contributed by atoms with van der Waals surface area (Å²) in [7, 11) is 1.67. The second-order valence-corrected chi connectivity index (χ2v) is 8.35. The molecule has 0 unspecified atom stereocenters. The molecule has 0 saturated carbocycles. The van der Waals surface area contributed by atoms with Crippen molar-refractivity contribution >= 4 is 21.8 Å². The highest BCUT2D eigenvalue weighted by Crippen LogP contribution is 2.24. The van der Waals surface area contributed by atoms with Gasteiger partial charge in [0.15, 0.2) is 0 Å². The van der Waals surface area contributed by atoms with Crippen LogP contribution in [-0.4, -0.2) is 42.2 Å². The lowest BCUT2D eigenvalue weighted by Gasteiger charge is -2.22. The molecule has 0 aliphatic carbocycles. The van der Waals surface area contributed by atoms with Gasteiger partial charge < -0.3 is 14.7 Å². The molecule has 0 aliphatic heterocycles. The van der Waals surface area contributed by atoms with E-state index < -0.39 is 6.10 Å². The highest BCUT2D eigenvalue weighted by Gasteiger charge is 2.17. The maximum Gasteiger partial charge on any atom is 0.253 e. The summed E-state index contributed by atoms with van der Waals surface area (Å²) in [5, 5.41) is 10.2. The zero-order valence-corrected chi connectivity index (χ0v) is 17.3. The van der Waals surface area contributed by atoms with E-state index in [2.05, 4.69) is 36.7 Å². The summed E-state index contributed by atoms with van der Waals surface area (Å²) < 4.78 is 6.56. The van der Waals surface area contributed by atoms with Gasteiger partial charge in [-0.05, 0) is 47.4 Å². The molecular formula is C21H26BrNO3. The Hall–Kier alpha value is -1.85. The normalized spacial score (nSPS) is 12.5. The Bertz CT molecular complexity index is 720.